The average Bonchev–Trinajstić information content (AvgIpc) is 2.73. The van der Waals surface area contributed by atoms with Crippen LogP contribution in [0.4, 0.5) is 4.39 Å². The smallest absolute Gasteiger partial charge is 0.127 e. The van der Waals surface area contributed by atoms with Crippen LogP contribution in [-0.4, -0.2) is 28.0 Å². The highest BCUT2D eigenvalue weighted by Crippen LogP contribution is 2.66. The van der Waals surface area contributed by atoms with Crippen LogP contribution in [0.1, 0.15) is 39.5 Å². The molecule has 4 heteroatoms. The number of hydrogen-bond donors (Lipinski definition) is 3. The van der Waals surface area contributed by atoms with Crippen molar-refractivity contribution in [2.75, 3.05) is 0 Å². The van der Waals surface area contributed by atoms with Gasteiger partial charge in [0.15, 0.2) is 0 Å². The first-order valence-corrected chi connectivity index (χ1v) is 8.65. The molecule has 0 aromatic rings. The maximum atomic E-state index is 16.4. The number of hydrogen-bond acceptors (Lipinski definition) is 3. The number of nitrogens with two attached hydrogens (primary N) is 1. The van der Waals surface area contributed by atoms with Crippen LogP contribution in [0.3, 0.4) is 0 Å². The van der Waals surface area contributed by atoms with Crippen LogP contribution in [0.25, 0.3) is 0 Å². The molecular weight excluding hydrogens is 293 g/mol. The topological polar surface area (TPSA) is 66.5 Å². The molecule has 4 rings (SSSR count). The summed E-state index contributed by atoms with van der Waals surface area (Å²) in [5.74, 6) is 0.167. The van der Waals surface area contributed by atoms with Gasteiger partial charge in [0.25, 0.3) is 0 Å². The van der Waals surface area contributed by atoms with Crippen molar-refractivity contribution < 1.29 is 14.6 Å². The summed E-state index contributed by atoms with van der Waals surface area (Å²) in [6.45, 7) is 4.07. The lowest BCUT2D eigenvalue weighted by Crippen LogP contribution is -2.60. The summed E-state index contributed by atoms with van der Waals surface area (Å²) in [4.78, 5) is 0. The fraction of sp³-hybridized carbons (Fsp3) is 0.684. The second-order valence-corrected chi connectivity index (χ2v) is 8.41. The molecule has 3 nitrogen and oxygen atoms in total. The van der Waals surface area contributed by atoms with E-state index in [1.54, 1.807) is 12.2 Å². The fourth-order valence-corrected chi connectivity index (χ4v) is 5.90. The lowest BCUT2D eigenvalue weighted by atomic mass is 9.48. The number of aliphatic hydroxyl groups is 2. The number of rotatable bonds is 0. The summed E-state index contributed by atoms with van der Waals surface area (Å²) in [5.41, 5.74) is 4.91. The fourth-order valence-electron chi connectivity index (χ4n) is 5.90. The Morgan fingerprint density at radius 1 is 1.26 bits per heavy atom. The minimum atomic E-state index is -1.35. The summed E-state index contributed by atoms with van der Waals surface area (Å²) < 4.78 is 16.4. The van der Waals surface area contributed by atoms with Crippen LogP contribution in [0, 0.1) is 22.7 Å². The second-order valence-electron chi connectivity index (χ2n) is 8.41. The van der Waals surface area contributed by atoms with Crippen LogP contribution >= 0.6 is 0 Å². The Bertz CT molecular complexity index is 641. The van der Waals surface area contributed by atoms with Crippen molar-refractivity contribution in [3.05, 3.63) is 35.6 Å². The van der Waals surface area contributed by atoms with E-state index in [1.165, 1.54) is 0 Å². The number of aliphatic hydroxyl groups excluding tert-OH is 2. The van der Waals surface area contributed by atoms with Crippen molar-refractivity contribution in [1.82, 2.24) is 0 Å². The van der Waals surface area contributed by atoms with Gasteiger partial charge in [-0.25, -0.2) is 4.39 Å². The molecule has 4 N–H and O–H groups in total. The van der Waals surface area contributed by atoms with Gasteiger partial charge in [-0.3, -0.25) is 0 Å². The molecule has 0 spiro atoms. The van der Waals surface area contributed by atoms with Gasteiger partial charge in [0.05, 0.1) is 6.10 Å². The highest BCUT2D eigenvalue weighted by atomic mass is 19.1. The summed E-state index contributed by atoms with van der Waals surface area (Å²) in [6.07, 6.45) is 9.09. The predicted octanol–water partition coefficient (Wildman–Crippen LogP) is 3.17. The molecule has 0 aromatic heterocycles. The molecule has 0 aliphatic heterocycles. The van der Waals surface area contributed by atoms with E-state index in [0.29, 0.717) is 25.7 Å². The molecule has 2 unspecified atom stereocenters. The maximum Gasteiger partial charge on any atom is 0.127 e. The molecule has 23 heavy (non-hydrogen) atoms. The Morgan fingerprint density at radius 3 is 2.74 bits per heavy atom. The normalized spacial score (nSPS) is 54.7. The lowest BCUT2D eigenvalue weighted by molar-refractivity contribution is -0.107. The van der Waals surface area contributed by atoms with Gasteiger partial charge in [0, 0.05) is 17.4 Å². The molecule has 0 radical (unpaired) electrons. The van der Waals surface area contributed by atoms with Crippen LogP contribution in [0.5, 0.6) is 0 Å². The largest absolute Gasteiger partial charge is 0.508 e. The van der Waals surface area contributed by atoms with Crippen LogP contribution in [-0.2, 0) is 0 Å². The first-order valence-electron chi connectivity index (χ1n) is 8.65. The van der Waals surface area contributed by atoms with Crippen molar-refractivity contribution in [3.63, 3.8) is 0 Å². The highest BCUT2D eigenvalue weighted by molar-refractivity contribution is 5.46. The van der Waals surface area contributed by atoms with Gasteiger partial charge in [-0.1, -0.05) is 19.1 Å². The molecule has 4 aliphatic rings. The van der Waals surface area contributed by atoms with Crippen LogP contribution in [0.2, 0.25) is 0 Å². The van der Waals surface area contributed by atoms with E-state index in [9.17, 15) is 10.2 Å². The van der Waals surface area contributed by atoms with Gasteiger partial charge in [-0.15, -0.1) is 0 Å². The van der Waals surface area contributed by atoms with Crippen molar-refractivity contribution in [2.24, 2.45) is 28.4 Å². The van der Waals surface area contributed by atoms with Crippen molar-refractivity contribution >= 4 is 0 Å². The predicted molar refractivity (Wildman–Crippen MR) is 87.4 cm³/mol. The molecule has 0 saturated heterocycles. The van der Waals surface area contributed by atoms with E-state index in [-0.39, 0.29) is 29.1 Å². The number of halogens is 1. The van der Waals surface area contributed by atoms with E-state index in [2.05, 4.69) is 13.0 Å². The lowest BCUT2D eigenvalue weighted by Gasteiger charge is -2.58. The van der Waals surface area contributed by atoms with Crippen molar-refractivity contribution in [2.45, 2.75) is 57.3 Å². The van der Waals surface area contributed by atoms with Crippen LogP contribution < -0.4 is 5.73 Å². The molecule has 4 aliphatic carbocycles. The van der Waals surface area contributed by atoms with Crippen LogP contribution in [0.15, 0.2) is 35.6 Å². The second kappa shape index (κ2) is 4.48. The summed E-state index contributed by atoms with van der Waals surface area (Å²) >= 11 is 0. The quantitative estimate of drug-likeness (QED) is 0.642. The van der Waals surface area contributed by atoms with Gasteiger partial charge >= 0.3 is 0 Å². The third-order valence-electron chi connectivity index (χ3n) is 7.56. The van der Waals surface area contributed by atoms with E-state index >= 15 is 4.39 Å². The maximum absolute atomic E-state index is 16.4. The number of alkyl halides is 1. The van der Waals surface area contributed by atoms with Gasteiger partial charge in [-0.05, 0) is 61.7 Å². The summed E-state index contributed by atoms with van der Waals surface area (Å²) in [7, 11) is 0. The van der Waals surface area contributed by atoms with Gasteiger partial charge < -0.3 is 15.9 Å². The highest BCUT2D eigenvalue weighted by Gasteiger charge is 2.66. The standard InChI is InChI=1S/C19H26FNO2/c1-17-7-8-19(20)13(14(17)10-15(23)16(17)21)4-3-11-9-12(22)5-6-18(11,19)2/h3,5-6,9,13-16,22-23H,4,7-8,10,21H2,1-2H3/t13-,14-,15?,16?,17-,18-,19-/m0/s1. The van der Waals surface area contributed by atoms with Crippen molar-refractivity contribution in [1.29, 1.82) is 0 Å². The van der Waals surface area contributed by atoms with E-state index < -0.39 is 17.2 Å². The molecule has 2 fully saturated rings. The molecule has 0 amide bonds. The first-order chi connectivity index (χ1) is 10.7. The minimum Gasteiger partial charge on any atom is -0.508 e. The van der Waals surface area contributed by atoms with E-state index in [4.69, 9.17) is 5.73 Å². The minimum absolute atomic E-state index is 0.105. The SMILES string of the molecule is C[C@]12C=CC(O)=CC1=CC[C@H]1[C@@H]3CC(O)C(N)[C@@]3(C)CC[C@]12F. The van der Waals surface area contributed by atoms with Crippen molar-refractivity contribution in [3.8, 4) is 0 Å². The Balaban J connectivity index is 1.80. The molecule has 126 valence electrons. The van der Waals surface area contributed by atoms with E-state index in [0.717, 1.165) is 5.57 Å². The third-order valence-corrected chi connectivity index (χ3v) is 7.56. The van der Waals surface area contributed by atoms with Gasteiger partial charge in [-0.2, -0.15) is 0 Å². The molecule has 7 atom stereocenters. The first kappa shape index (κ1) is 15.4. The Hall–Kier alpha value is -1.13. The summed E-state index contributed by atoms with van der Waals surface area (Å²) in [6, 6.07) is -0.263. The average molecular weight is 319 g/mol. The Labute approximate surface area is 136 Å². The zero-order valence-electron chi connectivity index (χ0n) is 13.8. The van der Waals surface area contributed by atoms with E-state index in [1.807, 2.05) is 13.0 Å². The third kappa shape index (κ3) is 1.71. The molecular formula is C19H26FNO2. The van der Waals surface area contributed by atoms with Gasteiger partial charge in [0.1, 0.15) is 11.4 Å². The molecule has 0 bridgehead atoms. The monoisotopic (exact) mass is 319 g/mol. The Kier molecular flexibility index (Phi) is 3.00. The number of fused-ring (bicyclic) bond motifs is 5. The zero-order valence-corrected chi connectivity index (χ0v) is 13.8. The number of allylic oxidation sites excluding steroid dienone is 5. The molecule has 0 heterocycles. The van der Waals surface area contributed by atoms with Gasteiger partial charge in [0.2, 0.25) is 0 Å². The Morgan fingerprint density at radius 2 is 2.00 bits per heavy atom. The molecule has 2 saturated carbocycles. The molecule has 0 aromatic carbocycles. The zero-order chi connectivity index (χ0) is 16.6. The summed E-state index contributed by atoms with van der Waals surface area (Å²) in [5, 5.41) is 20.0.